The van der Waals surface area contributed by atoms with Crippen molar-refractivity contribution in [3.63, 3.8) is 0 Å². The van der Waals surface area contributed by atoms with Crippen LogP contribution >= 0.6 is 0 Å². The fourth-order valence-electron chi connectivity index (χ4n) is 2.83. The second kappa shape index (κ2) is 5.91. The van der Waals surface area contributed by atoms with Gasteiger partial charge in [-0.2, -0.15) is 18.3 Å². The molecule has 2 heterocycles. The number of rotatable bonds is 3. The lowest BCUT2D eigenvalue weighted by Crippen LogP contribution is -2.44. The van der Waals surface area contributed by atoms with Crippen molar-refractivity contribution in [2.75, 3.05) is 19.7 Å². The molecule has 0 bridgehead atoms. The number of aliphatic hydroxyl groups excluding tert-OH is 1. The molecule has 2 rings (SSSR count). The van der Waals surface area contributed by atoms with E-state index >= 15 is 0 Å². The standard InChI is InChI=1S/C14H20F3N3O2/c1-3-13(9-21)4-6-20(7-5-13)12(22)10-8-19(2)18-11(10)14(15,16)17/h8,21H,3-7,9H2,1-2H3. The molecule has 1 aromatic heterocycles. The van der Waals surface area contributed by atoms with Crippen molar-refractivity contribution in [3.05, 3.63) is 17.5 Å². The number of alkyl halides is 3. The van der Waals surface area contributed by atoms with Crippen molar-refractivity contribution in [3.8, 4) is 0 Å². The Bertz CT molecular complexity index is 540. The summed E-state index contributed by atoms with van der Waals surface area (Å²) in [7, 11) is 1.36. The minimum Gasteiger partial charge on any atom is -0.396 e. The molecule has 0 saturated carbocycles. The summed E-state index contributed by atoms with van der Waals surface area (Å²) in [4.78, 5) is 13.8. The van der Waals surface area contributed by atoms with Crippen LogP contribution in [0.5, 0.6) is 0 Å². The van der Waals surface area contributed by atoms with Gasteiger partial charge in [0.15, 0.2) is 5.69 Å². The Hall–Kier alpha value is -1.57. The highest BCUT2D eigenvalue weighted by atomic mass is 19.4. The van der Waals surface area contributed by atoms with Gasteiger partial charge < -0.3 is 10.0 Å². The van der Waals surface area contributed by atoms with E-state index in [1.165, 1.54) is 11.9 Å². The first kappa shape index (κ1) is 16.8. The van der Waals surface area contributed by atoms with Crippen molar-refractivity contribution in [2.24, 2.45) is 12.5 Å². The summed E-state index contributed by atoms with van der Waals surface area (Å²) in [5.41, 5.74) is -1.78. The Labute approximate surface area is 126 Å². The zero-order valence-electron chi connectivity index (χ0n) is 12.7. The molecule has 124 valence electrons. The van der Waals surface area contributed by atoms with Crippen molar-refractivity contribution in [1.29, 1.82) is 0 Å². The molecular formula is C14H20F3N3O2. The molecule has 0 aromatic carbocycles. The van der Waals surface area contributed by atoms with E-state index in [1.54, 1.807) is 0 Å². The normalized spacial score (nSPS) is 18.5. The molecule has 1 saturated heterocycles. The molecule has 1 fully saturated rings. The highest BCUT2D eigenvalue weighted by Gasteiger charge is 2.41. The Balaban J connectivity index is 2.18. The Morgan fingerprint density at radius 3 is 2.45 bits per heavy atom. The summed E-state index contributed by atoms with van der Waals surface area (Å²) in [6.45, 7) is 2.70. The molecule has 0 spiro atoms. The van der Waals surface area contributed by atoms with Gasteiger partial charge >= 0.3 is 6.18 Å². The van der Waals surface area contributed by atoms with Gasteiger partial charge in [-0.05, 0) is 24.7 Å². The van der Waals surface area contributed by atoms with E-state index in [0.717, 1.165) is 17.3 Å². The Morgan fingerprint density at radius 1 is 1.41 bits per heavy atom. The zero-order chi connectivity index (χ0) is 16.5. The molecule has 1 amide bonds. The van der Waals surface area contributed by atoms with Crippen LogP contribution < -0.4 is 0 Å². The minimum atomic E-state index is -4.65. The molecule has 1 N–H and O–H groups in total. The third kappa shape index (κ3) is 3.11. The van der Waals surface area contributed by atoms with E-state index in [9.17, 15) is 23.1 Å². The van der Waals surface area contributed by atoms with Crippen LogP contribution in [0, 0.1) is 5.41 Å². The number of likely N-dealkylation sites (tertiary alicyclic amines) is 1. The number of amides is 1. The fraction of sp³-hybridized carbons (Fsp3) is 0.714. The SMILES string of the molecule is CCC1(CO)CCN(C(=O)c2cn(C)nc2C(F)(F)F)CC1. The number of halogens is 3. The quantitative estimate of drug-likeness (QED) is 0.928. The summed E-state index contributed by atoms with van der Waals surface area (Å²) in [6, 6.07) is 0. The number of hydrogen-bond acceptors (Lipinski definition) is 3. The second-order valence-electron chi connectivity index (χ2n) is 5.87. The van der Waals surface area contributed by atoms with Gasteiger partial charge in [-0.3, -0.25) is 9.48 Å². The van der Waals surface area contributed by atoms with Gasteiger partial charge in [0.1, 0.15) is 0 Å². The molecule has 5 nitrogen and oxygen atoms in total. The number of carbonyl (C=O) groups excluding carboxylic acids is 1. The molecule has 0 aliphatic carbocycles. The van der Waals surface area contributed by atoms with Crippen LogP contribution in [-0.2, 0) is 13.2 Å². The lowest BCUT2D eigenvalue weighted by molar-refractivity contribution is -0.141. The van der Waals surface area contributed by atoms with Crippen LogP contribution in [0.1, 0.15) is 42.2 Å². The first-order chi connectivity index (χ1) is 10.2. The number of piperidine rings is 1. The molecule has 1 aliphatic heterocycles. The third-order valence-corrected chi connectivity index (χ3v) is 4.52. The van der Waals surface area contributed by atoms with Gasteiger partial charge in [-0.25, -0.2) is 0 Å². The number of aryl methyl sites for hydroxylation is 1. The number of nitrogens with zero attached hydrogens (tertiary/aromatic N) is 3. The average Bonchev–Trinajstić information content (AvgIpc) is 2.89. The van der Waals surface area contributed by atoms with Gasteiger partial charge in [0.25, 0.3) is 5.91 Å². The predicted octanol–water partition coefficient (Wildman–Crippen LogP) is 2.06. The number of aromatic nitrogens is 2. The first-order valence-electron chi connectivity index (χ1n) is 7.23. The highest BCUT2D eigenvalue weighted by Crippen LogP contribution is 2.36. The fourth-order valence-corrected chi connectivity index (χ4v) is 2.83. The van der Waals surface area contributed by atoms with E-state index in [-0.39, 0.29) is 12.0 Å². The predicted molar refractivity (Wildman–Crippen MR) is 73.2 cm³/mol. The maximum Gasteiger partial charge on any atom is 0.435 e. The number of aliphatic hydroxyl groups is 1. The molecule has 8 heteroatoms. The maximum atomic E-state index is 12.9. The topological polar surface area (TPSA) is 58.4 Å². The molecule has 1 aromatic rings. The number of hydrogen-bond donors (Lipinski definition) is 1. The summed E-state index contributed by atoms with van der Waals surface area (Å²) >= 11 is 0. The van der Waals surface area contributed by atoms with Gasteiger partial charge in [-0.1, -0.05) is 6.92 Å². The monoisotopic (exact) mass is 319 g/mol. The summed E-state index contributed by atoms with van der Waals surface area (Å²) < 4.78 is 39.8. The molecule has 0 unspecified atom stereocenters. The van der Waals surface area contributed by atoms with Gasteiger partial charge in [0.05, 0.1) is 5.56 Å². The molecule has 0 radical (unpaired) electrons. The first-order valence-corrected chi connectivity index (χ1v) is 7.23. The van der Waals surface area contributed by atoms with Gasteiger partial charge in [-0.15, -0.1) is 0 Å². The van der Waals surface area contributed by atoms with Gasteiger partial charge in [0.2, 0.25) is 0 Å². The Kier molecular flexibility index (Phi) is 4.51. The molecule has 0 atom stereocenters. The second-order valence-corrected chi connectivity index (χ2v) is 5.87. The Morgan fingerprint density at radius 2 is 2.00 bits per heavy atom. The zero-order valence-corrected chi connectivity index (χ0v) is 12.7. The van der Waals surface area contributed by atoms with Crippen molar-refractivity contribution < 1.29 is 23.1 Å². The summed E-state index contributed by atoms with van der Waals surface area (Å²) in [6.07, 6.45) is -1.58. The van der Waals surface area contributed by atoms with Crippen molar-refractivity contribution >= 4 is 5.91 Å². The summed E-state index contributed by atoms with van der Waals surface area (Å²) in [5, 5.41) is 12.8. The van der Waals surface area contributed by atoms with Gasteiger partial charge in [0, 0.05) is 32.9 Å². The molecule has 22 heavy (non-hydrogen) atoms. The smallest absolute Gasteiger partial charge is 0.396 e. The number of carbonyl (C=O) groups is 1. The van der Waals surface area contributed by atoms with Crippen molar-refractivity contribution in [2.45, 2.75) is 32.4 Å². The van der Waals surface area contributed by atoms with Crippen LogP contribution in [0.2, 0.25) is 0 Å². The highest BCUT2D eigenvalue weighted by molar-refractivity contribution is 5.95. The third-order valence-electron chi connectivity index (χ3n) is 4.52. The maximum absolute atomic E-state index is 12.9. The molecule has 1 aliphatic rings. The van der Waals surface area contributed by atoms with E-state index in [2.05, 4.69) is 5.10 Å². The van der Waals surface area contributed by atoms with Crippen molar-refractivity contribution in [1.82, 2.24) is 14.7 Å². The minimum absolute atomic E-state index is 0.0340. The van der Waals surface area contributed by atoms with E-state index in [4.69, 9.17) is 0 Å². The van der Waals surface area contributed by atoms with Crippen LogP contribution in [0.4, 0.5) is 13.2 Å². The van der Waals surface area contributed by atoms with Crippen LogP contribution in [0.15, 0.2) is 6.20 Å². The van der Waals surface area contributed by atoms with Crippen LogP contribution in [-0.4, -0.2) is 45.4 Å². The lowest BCUT2D eigenvalue weighted by Gasteiger charge is -2.40. The average molecular weight is 319 g/mol. The lowest BCUT2D eigenvalue weighted by atomic mass is 9.77. The summed E-state index contributed by atoms with van der Waals surface area (Å²) in [5.74, 6) is -0.650. The van der Waals surface area contributed by atoms with Crippen LogP contribution in [0.3, 0.4) is 0 Å². The molecular weight excluding hydrogens is 299 g/mol. The van der Waals surface area contributed by atoms with E-state index < -0.39 is 23.3 Å². The van der Waals surface area contributed by atoms with E-state index in [1.807, 2.05) is 6.92 Å². The van der Waals surface area contributed by atoms with E-state index in [0.29, 0.717) is 25.9 Å². The van der Waals surface area contributed by atoms with Crippen LogP contribution in [0.25, 0.3) is 0 Å². The largest absolute Gasteiger partial charge is 0.435 e.